The standard InChI is InChI=1S/C29H30N8O3/c1-18-9-8-14-35(18)26-15-21-22(24(31-26)17-34(3)29(39)40)16-36(28(21)38)25-13-7-12-23(30-25)27-33-32-19(2)37(27)20-10-5-4-6-11-20/h4-7,10-13,15,18H,8-9,14,16-17H2,1-3H3,(H,39,40). The fourth-order valence-corrected chi connectivity index (χ4v) is 5.49. The van der Waals surface area contributed by atoms with E-state index in [2.05, 4.69) is 22.0 Å². The van der Waals surface area contributed by atoms with Gasteiger partial charge in [0.2, 0.25) is 0 Å². The lowest BCUT2D eigenvalue weighted by Gasteiger charge is -2.24. The number of anilines is 2. The number of aryl methyl sites for hydroxylation is 1. The third kappa shape index (κ3) is 4.42. The van der Waals surface area contributed by atoms with E-state index in [1.165, 1.54) is 11.9 Å². The van der Waals surface area contributed by atoms with Crippen molar-refractivity contribution in [1.82, 2.24) is 29.6 Å². The molecular weight excluding hydrogens is 508 g/mol. The third-order valence-electron chi connectivity index (χ3n) is 7.63. The minimum atomic E-state index is -1.05. The van der Waals surface area contributed by atoms with Crippen LogP contribution in [0.2, 0.25) is 0 Å². The number of carbonyl (C=O) groups is 2. The Morgan fingerprint density at radius 1 is 1.07 bits per heavy atom. The van der Waals surface area contributed by atoms with Crippen molar-refractivity contribution in [3.05, 3.63) is 77.2 Å². The smallest absolute Gasteiger partial charge is 0.407 e. The van der Waals surface area contributed by atoms with Crippen molar-refractivity contribution in [2.75, 3.05) is 23.4 Å². The number of nitrogens with zero attached hydrogens (tertiary/aromatic N) is 8. The Bertz CT molecular complexity index is 1600. The van der Waals surface area contributed by atoms with Crippen LogP contribution in [0.4, 0.5) is 16.4 Å². The average molecular weight is 539 g/mol. The van der Waals surface area contributed by atoms with Crippen molar-refractivity contribution < 1.29 is 14.7 Å². The monoisotopic (exact) mass is 538 g/mol. The van der Waals surface area contributed by atoms with E-state index in [-0.39, 0.29) is 19.0 Å². The molecule has 2 aliphatic rings. The molecule has 3 aromatic heterocycles. The molecular formula is C29H30N8O3. The van der Waals surface area contributed by atoms with Crippen LogP contribution in [-0.4, -0.2) is 66.4 Å². The van der Waals surface area contributed by atoms with E-state index in [9.17, 15) is 14.7 Å². The first-order valence-corrected chi connectivity index (χ1v) is 13.3. The first-order chi connectivity index (χ1) is 19.3. The van der Waals surface area contributed by atoms with Crippen molar-refractivity contribution >= 4 is 23.6 Å². The second kappa shape index (κ2) is 10.1. The normalized spacial score (nSPS) is 16.5. The van der Waals surface area contributed by atoms with Crippen LogP contribution in [0.25, 0.3) is 17.2 Å². The highest BCUT2D eigenvalue weighted by Gasteiger charge is 2.35. The summed E-state index contributed by atoms with van der Waals surface area (Å²) in [6, 6.07) is 17.5. The number of para-hydroxylation sites is 1. The molecule has 4 aromatic rings. The van der Waals surface area contributed by atoms with Crippen molar-refractivity contribution in [2.45, 2.75) is 45.8 Å². The summed E-state index contributed by atoms with van der Waals surface area (Å²) in [4.78, 5) is 40.2. The van der Waals surface area contributed by atoms with Gasteiger partial charge in [-0.05, 0) is 57.0 Å². The Labute approximate surface area is 231 Å². The maximum Gasteiger partial charge on any atom is 0.407 e. The number of fused-ring (bicyclic) bond motifs is 1. The number of hydrogen-bond donors (Lipinski definition) is 1. The Balaban J connectivity index is 1.38. The van der Waals surface area contributed by atoms with E-state index in [1.807, 2.05) is 60.0 Å². The minimum Gasteiger partial charge on any atom is -0.465 e. The van der Waals surface area contributed by atoms with Gasteiger partial charge >= 0.3 is 6.09 Å². The van der Waals surface area contributed by atoms with Gasteiger partial charge in [-0.1, -0.05) is 24.3 Å². The highest BCUT2D eigenvalue weighted by atomic mass is 16.4. The maximum atomic E-state index is 13.8. The van der Waals surface area contributed by atoms with E-state index in [1.54, 1.807) is 11.0 Å². The van der Waals surface area contributed by atoms with Crippen LogP contribution in [0.1, 0.15) is 47.2 Å². The molecule has 5 heterocycles. The first kappa shape index (κ1) is 25.5. The van der Waals surface area contributed by atoms with Gasteiger partial charge in [-0.15, -0.1) is 10.2 Å². The van der Waals surface area contributed by atoms with Crippen molar-refractivity contribution in [1.29, 1.82) is 0 Å². The summed E-state index contributed by atoms with van der Waals surface area (Å²) in [6.45, 7) is 5.21. The zero-order valence-corrected chi connectivity index (χ0v) is 22.7. The molecule has 0 aliphatic carbocycles. The molecule has 0 radical (unpaired) electrons. The Morgan fingerprint density at radius 2 is 1.88 bits per heavy atom. The van der Waals surface area contributed by atoms with Gasteiger partial charge in [0.05, 0.1) is 24.3 Å². The lowest BCUT2D eigenvalue weighted by Crippen LogP contribution is -2.29. The number of hydrogen-bond acceptors (Lipinski definition) is 7. The summed E-state index contributed by atoms with van der Waals surface area (Å²) in [6.07, 6.45) is 1.05. The molecule has 1 fully saturated rings. The van der Waals surface area contributed by atoms with Crippen LogP contribution in [0, 0.1) is 6.92 Å². The Morgan fingerprint density at radius 3 is 2.60 bits per heavy atom. The van der Waals surface area contributed by atoms with Gasteiger partial charge in [0, 0.05) is 30.9 Å². The summed E-state index contributed by atoms with van der Waals surface area (Å²) < 4.78 is 1.93. The van der Waals surface area contributed by atoms with Gasteiger partial charge in [-0.25, -0.2) is 14.8 Å². The van der Waals surface area contributed by atoms with Crippen molar-refractivity contribution in [3.8, 4) is 17.2 Å². The van der Waals surface area contributed by atoms with E-state index in [0.29, 0.717) is 40.5 Å². The van der Waals surface area contributed by atoms with Gasteiger partial charge in [0.15, 0.2) is 5.82 Å². The van der Waals surface area contributed by atoms with E-state index in [4.69, 9.17) is 9.97 Å². The van der Waals surface area contributed by atoms with Crippen LogP contribution in [0.5, 0.6) is 0 Å². The zero-order chi connectivity index (χ0) is 28.0. The summed E-state index contributed by atoms with van der Waals surface area (Å²) >= 11 is 0. The maximum absolute atomic E-state index is 13.8. The Hall–Kier alpha value is -4.80. The number of aromatic nitrogens is 5. The number of rotatable bonds is 6. The van der Waals surface area contributed by atoms with E-state index >= 15 is 0 Å². The highest BCUT2D eigenvalue weighted by molar-refractivity contribution is 6.10. The second-order valence-corrected chi connectivity index (χ2v) is 10.3. The van der Waals surface area contributed by atoms with Gasteiger partial charge in [-0.2, -0.15) is 0 Å². The molecule has 1 saturated heterocycles. The van der Waals surface area contributed by atoms with Crippen molar-refractivity contribution in [2.24, 2.45) is 0 Å². The fourth-order valence-electron chi connectivity index (χ4n) is 5.49. The predicted molar refractivity (Wildman–Crippen MR) is 150 cm³/mol. The lowest BCUT2D eigenvalue weighted by atomic mass is 10.1. The van der Waals surface area contributed by atoms with Gasteiger partial charge in [-0.3, -0.25) is 14.3 Å². The molecule has 2 amide bonds. The summed E-state index contributed by atoms with van der Waals surface area (Å²) in [5.41, 5.74) is 3.35. The molecule has 1 aromatic carbocycles. The molecule has 11 heteroatoms. The van der Waals surface area contributed by atoms with Crippen LogP contribution in [0.3, 0.4) is 0 Å². The first-order valence-electron chi connectivity index (χ1n) is 13.3. The third-order valence-corrected chi connectivity index (χ3v) is 7.63. The molecule has 11 nitrogen and oxygen atoms in total. The quantitative estimate of drug-likeness (QED) is 0.386. The van der Waals surface area contributed by atoms with Crippen molar-refractivity contribution in [3.63, 3.8) is 0 Å². The van der Waals surface area contributed by atoms with Crippen LogP contribution < -0.4 is 9.80 Å². The largest absolute Gasteiger partial charge is 0.465 e. The summed E-state index contributed by atoms with van der Waals surface area (Å²) in [5.74, 6) is 2.30. The van der Waals surface area contributed by atoms with E-state index < -0.39 is 6.09 Å². The number of carbonyl (C=O) groups excluding carboxylic acids is 1. The number of benzene rings is 1. The van der Waals surface area contributed by atoms with Crippen LogP contribution in [-0.2, 0) is 13.1 Å². The van der Waals surface area contributed by atoms with E-state index in [0.717, 1.165) is 36.5 Å². The fraction of sp³-hybridized carbons (Fsp3) is 0.310. The Kier molecular flexibility index (Phi) is 6.41. The van der Waals surface area contributed by atoms with Gasteiger partial charge < -0.3 is 14.9 Å². The molecule has 40 heavy (non-hydrogen) atoms. The molecule has 0 spiro atoms. The molecule has 0 saturated carbocycles. The van der Waals surface area contributed by atoms with Gasteiger partial charge in [0.25, 0.3) is 5.91 Å². The summed E-state index contributed by atoms with van der Waals surface area (Å²) in [7, 11) is 1.51. The lowest BCUT2D eigenvalue weighted by molar-refractivity contribution is 0.0996. The molecule has 1 atom stereocenters. The minimum absolute atomic E-state index is 0.0851. The van der Waals surface area contributed by atoms with Crippen LogP contribution in [0.15, 0.2) is 54.6 Å². The van der Waals surface area contributed by atoms with Crippen LogP contribution >= 0.6 is 0 Å². The predicted octanol–water partition coefficient (Wildman–Crippen LogP) is 4.29. The topological polar surface area (TPSA) is 121 Å². The molecule has 0 bridgehead atoms. The number of amides is 2. The molecule has 204 valence electrons. The highest BCUT2D eigenvalue weighted by Crippen LogP contribution is 2.35. The molecule has 2 aliphatic heterocycles. The number of carboxylic acid groups (broad SMARTS) is 1. The molecule has 6 rings (SSSR count). The average Bonchev–Trinajstić information content (AvgIpc) is 3.66. The second-order valence-electron chi connectivity index (χ2n) is 10.3. The number of pyridine rings is 2. The SMILES string of the molecule is Cc1nnc(-c2cccc(N3Cc4c(cc(N5CCCC5C)nc4CN(C)C(=O)O)C3=O)n2)n1-c1ccccc1. The molecule has 1 unspecified atom stereocenters. The summed E-state index contributed by atoms with van der Waals surface area (Å²) in [5, 5.41) is 18.2. The zero-order valence-electron chi connectivity index (χ0n) is 22.7. The molecule has 1 N–H and O–H groups in total. The van der Waals surface area contributed by atoms with Gasteiger partial charge in [0.1, 0.15) is 23.2 Å².